The lowest BCUT2D eigenvalue weighted by atomic mass is 10.2. The molecule has 0 bridgehead atoms. The fourth-order valence-corrected chi connectivity index (χ4v) is 2.12. The largest absolute Gasteiger partial charge is 0.478 e. The standard InChI is InChI=1S/C8H5ClN2O.C7H6ClNO2/c9-5-1-2-6-7(3-5)10-4-11-8(6)12;8-4-1-2-5(7(10)11)6(9)3-4/h1-4H,(H,10,11,12);1-3H,9H2,(H,10,11). The lowest BCUT2D eigenvalue weighted by molar-refractivity contribution is 0.0698. The number of carbonyl (C=O) groups is 1. The highest BCUT2D eigenvalue weighted by Crippen LogP contribution is 2.17. The van der Waals surface area contributed by atoms with Gasteiger partial charge in [0.25, 0.3) is 5.56 Å². The van der Waals surface area contributed by atoms with Crippen LogP contribution in [0, 0.1) is 0 Å². The van der Waals surface area contributed by atoms with Gasteiger partial charge in [0, 0.05) is 15.7 Å². The summed E-state index contributed by atoms with van der Waals surface area (Å²) in [5, 5.41) is 10.1. The number of anilines is 1. The Morgan fingerprint density at radius 3 is 2.43 bits per heavy atom. The number of aromatic amines is 1. The van der Waals surface area contributed by atoms with Crippen LogP contribution < -0.4 is 11.3 Å². The van der Waals surface area contributed by atoms with E-state index in [1.165, 1.54) is 24.5 Å². The first-order valence-electron chi connectivity index (χ1n) is 6.30. The number of nitrogens with two attached hydrogens (primary N) is 1. The van der Waals surface area contributed by atoms with E-state index < -0.39 is 5.97 Å². The van der Waals surface area contributed by atoms with Gasteiger partial charge < -0.3 is 15.8 Å². The molecule has 1 aromatic heterocycles. The summed E-state index contributed by atoms with van der Waals surface area (Å²) in [7, 11) is 0. The first kappa shape index (κ1) is 16.8. The van der Waals surface area contributed by atoms with E-state index in [-0.39, 0.29) is 16.8 Å². The van der Waals surface area contributed by atoms with Gasteiger partial charge in [-0.25, -0.2) is 9.78 Å². The third kappa shape index (κ3) is 4.21. The van der Waals surface area contributed by atoms with Crippen LogP contribution in [0.4, 0.5) is 5.69 Å². The fraction of sp³-hybridized carbons (Fsp3) is 0. The highest BCUT2D eigenvalue weighted by Gasteiger charge is 2.06. The fourth-order valence-electron chi connectivity index (χ4n) is 1.77. The molecule has 0 aliphatic carbocycles. The van der Waals surface area contributed by atoms with E-state index in [1.54, 1.807) is 18.2 Å². The molecule has 0 amide bonds. The summed E-state index contributed by atoms with van der Waals surface area (Å²) < 4.78 is 0. The van der Waals surface area contributed by atoms with Crippen LogP contribution in [0.3, 0.4) is 0 Å². The predicted molar refractivity (Wildman–Crippen MR) is 90.2 cm³/mol. The summed E-state index contributed by atoms with van der Waals surface area (Å²) >= 11 is 11.3. The van der Waals surface area contributed by atoms with Gasteiger partial charge in [-0.15, -0.1) is 0 Å². The van der Waals surface area contributed by atoms with Crippen molar-refractivity contribution >= 4 is 45.8 Å². The van der Waals surface area contributed by atoms with E-state index in [4.69, 9.17) is 34.0 Å². The number of carboxylic acids is 1. The Morgan fingerprint density at radius 1 is 1.13 bits per heavy atom. The van der Waals surface area contributed by atoms with E-state index in [0.717, 1.165) is 0 Å². The number of benzene rings is 2. The average molecular weight is 352 g/mol. The molecule has 0 aliphatic rings. The molecular weight excluding hydrogens is 341 g/mol. The van der Waals surface area contributed by atoms with Crippen LogP contribution in [0.15, 0.2) is 47.5 Å². The van der Waals surface area contributed by atoms with Crippen molar-refractivity contribution in [1.29, 1.82) is 0 Å². The molecule has 0 saturated carbocycles. The molecule has 8 heteroatoms. The lowest BCUT2D eigenvalue weighted by Gasteiger charge is -1.98. The van der Waals surface area contributed by atoms with E-state index in [0.29, 0.717) is 20.9 Å². The first-order chi connectivity index (χ1) is 10.9. The maximum Gasteiger partial charge on any atom is 0.337 e. The van der Waals surface area contributed by atoms with Gasteiger partial charge in [-0.05, 0) is 36.4 Å². The molecule has 2 aromatic carbocycles. The Hall–Kier alpha value is -2.57. The maximum atomic E-state index is 11.2. The minimum Gasteiger partial charge on any atom is -0.478 e. The summed E-state index contributed by atoms with van der Waals surface area (Å²) in [6, 6.07) is 9.25. The highest BCUT2D eigenvalue weighted by atomic mass is 35.5. The Morgan fingerprint density at radius 2 is 1.78 bits per heavy atom. The van der Waals surface area contributed by atoms with Crippen LogP contribution in [-0.4, -0.2) is 21.0 Å². The number of hydrogen-bond acceptors (Lipinski definition) is 4. The van der Waals surface area contributed by atoms with Crippen LogP contribution >= 0.6 is 23.2 Å². The second-order valence-corrected chi connectivity index (χ2v) is 5.30. The Kier molecular flexibility index (Phi) is 5.20. The van der Waals surface area contributed by atoms with E-state index in [1.807, 2.05) is 0 Å². The third-order valence-corrected chi connectivity index (χ3v) is 3.32. The quantitative estimate of drug-likeness (QED) is 0.583. The van der Waals surface area contributed by atoms with Crippen LogP contribution in [-0.2, 0) is 0 Å². The molecule has 0 spiro atoms. The Balaban J connectivity index is 0.000000168. The van der Waals surface area contributed by atoms with Gasteiger partial charge in [-0.3, -0.25) is 4.79 Å². The van der Waals surface area contributed by atoms with E-state index in [9.17, 15) is 9.59 Å². The summed E-state index contributed by atoms with van der Waals surface area (Å²) in [5.74, 6) is -1.04. The van der Waals surface area contributed by atoms with Crippen molar-refractivity contribution in [3.8, 4) is 0 Å². The van der Waals surface area contributed by atoms with Gasteiger partial charge in [-0.1, -0.05) is 23.2 Å². The molecule has 3 rings (SSSR count). The minimum atomic E-state index is -1.04. The number of nitrogen functional groups attached to an aromatic ring is 1. The number of rotatable bonds is 1. The highest BCUT2D eigenvalue weighted by molar-refractivity contribution is 6.31. The summed E-state index contributed by atoms with van der Waals surface area (Å²) in [5.41, 5.74) is 6.10. The first-order valence-corrected chi connectivity index (χ1v) is 7.05. The van der Waals surface area contributed by atoms with Crippen LogP contribution in [0.25, 0.3) is 10.9 Å². The van der Waals surface area contributed by atoms with Gasteiger partial charge in [0.05, 0.1) is 22.8 Å². The van der Waals surface area contributed by atoms with Crippen molar-refractivity contribution in [2.45, 2.75) is 0 Å². The van der Waals surface area contributed by atoms with Crippen molar-refractivity contribution in [2.24, 2.45) is 0 Å². The molecule has 0 fully saturated rings. The summed E-state index contributed by atoms with van der Waals surface area (Å²) in [6.07, 6.45) is 1.36. The summed E-state index contributed by atoms with van der Waals surface area (Å²) in [6.45, 7) is 0. The molecule has 1 heterocycles. The van der Waals surface area contributed by atoms with Crippen molar-refractivity contribution in [2.75, 3.05) is 5.73 Å². The van der Waals surface area contributed by atoms with E-state index >= 15 is 0 Å². The molecule has 6 nitrogen and oxygen atoms in total. The molecule has 23 heavy (non-hydrogen) atoms. The van der Waals surface area contributed by atoms with Gasteiger partial charge in [0.15, 0.2) is 0 Å². The molecule has 3 aromatic rings. The Bertz CT molecular complexity index is 925. The van der Waals surface area contributed by atoms with E-state index in [2.05, 4.69) is 9.97 Å². The van der Waals surface area contributed by atoms with Crippen molar-refractivity contribution in [3.05, 3.63) is 68.7 Å². The zero-order chi connectivity index (χ0) is 17.0. The molecule has 0 saturated heterocycles. The second kappa shape index (κ2) is 7.13. The monoisotopic (exact) mass is 351 g/mol. The van der Waals surface area contributed by atoms with Gasteiger partial charge in [0.1, 0.15) is 0 Å². The average Bonchev–Trinajstić information content (AvgIpc) is 2.47. The van der Waals surface area contributed by atoms with Crippen LogP contribution in [0.5, 0.6) is 0 Å². The molecule has 0 unspecified atom stereocenters. The smallest absolute Gasteiger partial charge is 0.337 e. The number of H-pyrrole nitrogens is 1. The number of aromatic carboxylic acids is 1. The number of carboxylic acid groups (broad SMARTS) is 1. The zero-order valence-corrected chi connectivity index (χ0v) is 13.1. The molecule has 0 atom stereocenters. The predicted octanol–water partition coefficient (Wildman–Crippen LogP) is 3.20. The number of nitrogens with one attached hydrogen (secondary N) is 1. The normalized spacial score (nSPS) is 10.0. The van der Waals surface area contributed by atoms with Crippen LogP contribution in [0.1, 0.15) is 10.4 Å². The van der Waals surface area contributed by atoms with Gasteiger partial charge in [-0.2, -0.15) is 0 Å². The topological polar surface area (TPSA) is 109 Å². The maximum absolute atomic E-state index is 11.2. The zero-order valence-electron chi connectivity index (χ0n) is 11.6. The molecule has 0 aliphatic heterocycles. The second-order valence-electron chi connectivity index (χ2n) is 4.43. The lowest BCUT2D eigenvalue weighted by Crippen LogP contribution is -2.05. The third-order valence-electron chi connectivity index (χ3n) is 2.85. The molecule has 118 valence electrons. The molecular formula is C15H11Cl2N3O3. The van der Waals surface area contributed by atoms with Gasteiger partial charge >= 0.3 is 5.97 Å². The van der Waals surface area contributed by atoms with Gasteiger partial charge in [0.2, 0.25) is 0 Å². The van der Waals surface area contributed by atoms with Crippen LogP contribution in [0.2, 0.25) is 10.0 Å². The Labute approximate surface area is 140 Å². The SMILES string of the molecule is Nc1cc(Cl)ccc1C(=O)O.O=c1[nH]cnc2cc(Cl)ccc12. The van der Waals surface area contributed by atoms with Crippen molar-refractivity contribution in [1.82, 2.24) is 9.97 Å². The van der Waals surface area contributed by atoms with Crippen molar-refractivity contribution in [3.63, 3.8) is 0 Å². The molecule has 0 radical (unpaired) electrons. The minimum absolute atomic E-state index is 0.0781. The molecule has 4 N–H and O–H groups in total. The number of halogens is 2. The number of aromatic nitrogens is 2. The number of nitrogens with zero attached hydrogens (tertiary/aromatic N) is 1. The van der Waals surface area contributed by atoms with Crippen molar-refractivity contribution < 1.29 is 9.90 Å². The number of hydrogen-bond donors (Lipinski definition) is 3. The number of fused-ring (bicyclic) bond motifs is 1. The summed E-state index contributed by atoms with van der Waals surface area (Å²) in [4.78, 5) is 28.0.